The average molecular weight is 225 g/mol. The molecule has 0 aromatic carbocycles. The second-order valence-electron chi connectivity index (χ2n) is 6.78. The van der Waals surface area contributed by atoms with Crippen molar-refractivity contribution in [2.24, 2.45) is 23.2 Å². The van der Waals surface area contributed by atoms with E-state index < -0.39 is 0 Å². The molecule has 16 heavy (non-hydrogen) atoms. The van der Waals surface area contributed by atoms with Gasteiger partial charge >= 0.3 is 0 Å². The molecule has 0 aromatic rings. The first kappa shape index (κ1) is 14.0. The van der Waals surface area contributed by atoms with Crippen LogP contribution in [0.1, 0.15) is 60.3 Å². The third kappa shape index (κ3) is 4.08. The maximum atomic E-state index is 3.62. The molecule has 0 amide bonds. The summed E-state index contributed by atoms with van der Waals surface area (Å²) in [5, 5.41) is 3.62. The van der Waals surface area contributed by atoms with Crippen molar-refractivity contribution in [3.63, 3.8) is 0 Å². The Morgan fingerprint density at radius 1 is 1.31 bits per heavy atom. The first-order valence-electron chi connectivity index (χ1n) is 7.17. The van der Waals surface area contributed by atoms with Crippen LogP contribution in [0.4, 0.5) is 0 Å². The Balaban J connectivity index is 2.48. The first-order chi connectivity index (χ1) is 7.46. The predicted molar refractivity (Wildman–Crippen MR) is 72.6 cm³/mol. The van der Waals surface area contributed by atoms with E-state index in [1.165, 1.54) is 38.8 Å². The summed E-state index contributed by atoms with van der Waals surface area (Å²) in [5.74, 6) is 2.68. The van der Waals surface area contributed by atoms with Gasteiger partial charge < -0.3 is 5.32 Å². The second kappa shape index (κ2) is 6.05. The lowest BCUT2D eigenvalue weighted by atomic mass is 9.64. The Kier molecular flexibility index (Phi) is 5.30. The van der Waals surface area contributed by atoms with Gasteiger partial charge in [0.15, 0.2) is 0 Å². The largest absolute Gasteiger partial charge is 0.316 e. The minimum absolute atomic E-state index is 0.580. The Hall–Kier alpha value is -0.0400. The van der Waals surface area contributed by atoms with Crippen molar-refractivity contribution in [2.75, 3.05) is 13.1 Å². The average Bonchev–Trinajstić information content (AvgIpc) is 2.19. The van der Waals surface area contributed by atoms with Gasteiger partial charge in [0.25, 0.3) is 0 Å². The summed E-state index contributed by atoms with van der Waals surface area (Å²) in [4.78, 5) is 0. The second-order valence-corrected chi connectivity index (χ2v) is 6.78. The summed E-state index contributed by atoms with van der Waals surface area (Å²) in [6.07, 6.45) is 5.51. The summed E-state index contributed by atoms with van der Waals surface area (Å²) in [6, 6.07) is 0. The van der Waals surface area contributed by atoms with Crippen LogP contribution in [-0.2, 0) is 0 Å². The monoisotopic (exact) mass is 225 g/mol. The summed E-state index contributed by atoms with van der Waals surface area (Å²) in [5.41, 5.74) is 0.580. The quantitative estimate of drug-likeness (QED) is 0.695. The minimum Gasteiger partial charge on any atom is -0.316 e. The topological polar surface area (TPSA) is 12.0 Å². The zero-order valence-corrected chi connectivity index (χ0v) is 12.0. The molecule has 2 unspecified atom stereocenters. The van der Waals surface area contributed by atoms with E-state index in [4.69, 9.17) is 0 Å². The molecule has 0 saturated heterocycles. The molecule has 1 aliphatic carbocycles. The molecule has 1 fully saturated rings. The van der Waals surface area contributed by atoms with Crippen molar-refractivity contribution >= 4 is 0 Å². The van der Waals surface area contributed by atoms with E-state index >= 15 is 0 Å². The van der Waals surface area contributed by atoms with Gasteiger partial charge in [-0.2, -0.15) is 0 Å². The molecule has 2 atom stereocenters. The van der Waals surface area contributed by atoms with E-state index in [0.29, 0.717) is 5.41 Å². The van der Waals surface area contributed by atoms with Gasteiger partial charge in [-0.25, -0.2) is 0 Å². The third-order valence-corrected chi connectivity index (χ3v) is 4.28. The first-order valence-corrected chi connectivity index (χ1v) is 7.17. The zero-order chi connectivity index (χ0) is 12.2. The lowest BCUT2D eigenvalue weighted by molar-refractivity contribution is 0.0845. The molecule has 1 aliphatic rings. The van der Waals surface area contributed by atoms with E-state index in [-0.39, 0.29) is 0 Å². The molecule has 1 saturated carbocycles. The molecule has 0 bridgehead atoms. The Morgan fingerprint density at radius 3 is 2.56 bits per heavy atom. The van der Waals surface area contributed by atoms with Gasteiger partial charge in [0.05, 0.1) is 0 Å². The van der Waals surface area contributed by atoms with E-state index in [2.05, 4.69) is 39.9 Å². The van der Waals surface area contributed by atoms with E-state index in [9.17, 15) is 0 Å². The lowest BCUT2D eigenvalue weighted by Gasteiger charge is -2.43. The number of hydrogen-bond donors (Lipinski definition) is 1. The number of hydrogen-bond acceptors (Lipinski definition) is 1. The fourth-order valence-corrected chi connectivity index (χ4v) is 3.19. The van der Waals surface area contributed by atoms with Crippen LogP contribution in [0.25, 0.3) is 0 Å². The predicted octanol–water partition coefficient (Wildman–Crippen LogP) is 4.08. The molecular formula is C15H31N. The summed E-state index contributed by atoms with van der Waals surface area (Å²) < 4.78 is 0. The van der Waals surface area contributed by atoms with E-state index in [1.54, 1.807) is 0 Å². The highest BCUT2D eigenvalue weighted by Crippen LogP contribution is 2.44. The molecule has 1 N–H and O–H groups in total. The number of rotatable bonds is 5. The van der Waals surface area contributed by atoms with Gasteiger partial charge in [-0.1, -0.05) is 34.6 Å². The van der Waals surface area contributed by atoms with Crippen LogP contribution in [0.3, 0.4) is 0 Å². The van der Waals surface area contributed by atoms with Crippen molar-refractivity contribution in [1.82, 2.24) is 5.32 Å². The van der Waals surface area contributed by atoms with Gasteiger partial charge in [0.1, 0.15) is 0 Å². The molecule has 0 aliphatic heterocycles. The minimum atomic E-state index is 0.580. The molecule has 1 rings (SSSR count). The Bertz CT molecular complexity index is 196. The maximum Gasteiger partial charge on any atom is -0.00178 e. The summed E-state index contributed by atoms with van der Waals surface area (Å²) in [6.45, 7) is 14.4. The van der Waals surface area contributed by atoms with Crippen LogP contribution in [0.5, 0.6) is 0 Å². The molecule has 0 spiro atoms. The van der Waals surface area contributed by atoms with Crippen LogP contribution >= 0.6 is 0 Å². The van der Waals surface area contributed by atoms with Crippen molar-refractivity contribution < 1.29 is 0 Å². The Morgan fingerprint density at radius 2 is 2.00 bits per heavy atom. The van der Waals surface area contributed by atoms with Crippen molar-refractivity contribution in [3.8, 4) is 0 Å². The van der Waals surface area contributed by atoms with Crippen molar-refractivity contribution in [3.05, 3.63) is 0 Å². The summed E-state index contributed by atoms with van der Waals surface area (Å²) in [7, 11) is 0. The molecule has 1 heteroatoms. The highest BCUT2D eigenvalue weighted by Gasteiger charge is 2.35. The van der Waals surface area contributed by atoms with Gasteiger partial charge in [-0.15, -0.1) is 0 Å². The van der Waals surface area contributed by atoms with Gasteiger partial charge in [0.2, 0.25) is 0 Å². The number of nitrogens with one attached hydrogen (secondary N) is 1. The van der Waals surface area contributed by atoms with Crippen LogP contribution in [0.15, 0.2) is 0 Å². The molecular weight excluding hydrogens is 194 g/mol. The van der Waals surface area contributed by atoms with Crippen LogP contribution in [0.2, 0.25) is 0 Å². The van der Waals surface area contributed by atoms with E-state index in [1.807, 2.05) is 0 Å². The molecule has 0 radical (unpaired) electrons. The van der Waals surface area contributed by atoms with Crippen molar-refractivity contribution in [2.45, 2.75) is 60.3 Å². The zero-order valence-electron chi connectivity index (χ0n) is 12.0. The fraction of sp³-hybridized carbons (Fsp3) is 1.00. The van der Waals surface area contributed by atoms with Crippen LogP contribution < -0.4 is 5.32 Å². The highest BCUT2D eigenvalue weighted by molar-refractivity contribution is 4.87. The standard InChI is InChI=1S/C15H31N/c1-6-9-16-11-13-7-8-15(4,5)10-14(13)12(2)3/h12-14,16H,6-11H2,1-5H3. The maximum absolute atomic E-state index is 3.62. The smallest absolute Gasteiger partial charge is 0.00178 e. The molecule has 96 valence electrons. The van der Waals surface area contributed by atoms with Gasteiger partial charge in [-0.3, -0.25) is 0 Å². The van der Waals surface area contributed by atoms with Crippen molar-refractivity contribution in [1.29, 1.82) is 0 Å². The van der Waals surface area contributed by atoms with Gasteiger partial charge in [0, 0.05) is 0 Å². The molecule has 0 aromatic heterocycles. The van der Waals surface area contributed by atoms with Crippen LogP contribution in [-0.4, -0.2) is 13.1 Å². The molecule has 0 heterocycles. The lowest BCUT2D eigenvalue weighted by Crippen LogP contribution is -2.38. The van der Waals surface area contributed by atoms with Crippen LogP contribution in [0, 0.1) is 23.2 Å². The Labute approximate surface area is 102 Å². The third-order valence-electron chi connectivity index (χ3n) is 4.28. The highest BCUT2D eigenvalue weighted by atomic mass is 14.9. The van der Waals surface area contributed by atoms with Gasteiger partial charge in [-0.05, 0) is 61.9 Å². The fourth-order valence-electron chi connectivity index (χ4n) is 3.19. The van der Waals surface area contributed by atoms with E-state index in [0.717, 1.165) is 17.8 Å². The SMILES string of the molecule is CCCNCC1CCC(C)(C)CC1C(C)C. The molecule has 1 nitrogen and oxygen atoms in total. The summed E-state index contributed by atoms with van der Waals surface area (Å²) >= 11 is 0. The normalized spacial score (nSPS) is 29.6.